The number of hydrogen-bond acceptors (Lipinski definition) is 9. The van der Waals surface area contributed by atoms with Crippen molar-refractivity contribution < 1.29 is 22.7 Å². The minimum absolute atomic E-state index is 0.0505. The Balaban J connectivity index is 1.48. The van der Waals surface area contributed by atoms with E-state index in [4.69, 9.17) is 14.9 Å². The molecule has 2 heterocycles. The highest BCUT2D eigenvalue weighted by Crippen LogP contribution is 2.32. The third kappa shape index (κ3) is 5.50. The zero-order valence-electron chi connectivity index (χ0n) is 19.8. The quantitative estimate of drug-likeness (QED) is 0.227. The number of amidine groups is 3. The summed E-state index contributed by atoms with van der Waals surface area (Å²) in [5.41, 5.74) is 1.74. The van der Waals surface area contributed by atoms with Crippen molar-refractivity contribution in [2.75, 3.05) is 25.2 Å². The first kappa shape index (κ1) is 26.0. The molecule has 2 aromatic rings. The lowest BCUT2D eigenvalue weighted by Crippen LogP contribution is -2.45. The molecule has 12 heteroatoms. The summed E-state index contributed by atoms with van der Waals surface area (Å²) in [6, 6.07) is 13.4. The molecule has 0 atom stereocenters. The number of amides is 1. The summed E-state index contributed by atoms with van der Waals surface area (Å²) in [4.78, 5) is 18.8. The Bertz CT molecular complexity index is 1400. The molecule has 4 rings (SSSR count). The van der Waals surface area contributed by atoms with Gasteiger partial charge in [0.2, 0.25) is 20.2 Å². The predicted molar refractivity (Wildman–Crippen MR) is 145 cm³/mol. The number of aryl methyl sites for hydroxylation is 1. The highest BCUT2D eigenvalue weighted by Gasteiger charge is 2.42. The van der Waals surface area contributed by atoms with E-state index in [0.717, 1.165) is 22.6 Å². The summed E-state index contributed by atoms with van der Waals surface area (Å²) in [5.74, 6) is 0.654. The fourth-order valence-electron chi connectivity index (χ4n) is 3.33. The molecule has 36 heavy (non-hydrogen) atoms. The molecule has 0 bridgehead atoms. The first-order chi connectivity index (χ1) is 17.2. The molecule has 2 aliphatic heterocycles. The number of nitrogens with zero attached hydrogens (tertiary/aromatic N) is 3. The zero-order chi connectivity index (χ0) is 25.9. The predicted octanol–water partition coefficient (Wildman–Crippen LogP) is 4.19. The summed E-state index contributed by atoms with van der Waals surface area (Å²) in [6.07, 6.45) is 1.48. The van der Waals surface area contributed by atoms with Crippen LogP contribution in [0.15, 0.2) is 62.3 Å². The molecule has 0 spiro atoms. The number of benzene rings is 2. The van der Waals surface area contributed by atoms with E-state index < -0.39 is 15.7 Å². The topological polar surface area (TPSA) is 121 Å². The van der Waals surface area contributed by atoms with Gasteiger partial charge >= 0.3 is 0 Å². The Labute approximate surface area is 218 Å². The fourth-order valence-corrected chi connectivity index (χ4v) is 6.03. The van der Waals surface area contributed by atoms with Gasteiger partial charge in [0.25, 0.3) is 5.91 Å². The summed E-state index contributed by atoms with van der Waals surface area (Å²) in [5, 5.41) is 8.28. The minimum Gasteiger partial charge on any atom is -0.493 e. The number of ether oxygens (including phenoxy) is 2. The third-order valence-corrected chi connectivity index (χ3v) is 8.67. The number of carbonyl (C=O) groups excluding carboxylic acids is 1. The molecule has 0 aliphatic carbocycles. The molecule has 2 aliphatic rings. The van der Waals surface area contributed by atoms with E-state index in [1.54, 1.807) is 30.0 Å². The average molecular weight is 545 g/mol. The Kier molecular flexibility index (Phi) is 7.86. The number of methoxy groups -OCH3 is 1. The van der Waals surface area contributed by atoms with Crippen molar-refractivity contribution in [3.8, 4) is 11.5 Å². The lowest BCUT2D eigenvalue weighted by molar-refractivity contribution is -0.114. The Morgan fingerprint density at radius 3 is 2.61 bits per heavy atom. The standard InChI is InChI=1S/C24H24N4O5S3/c1-4-36(30,31)24-27-35-23-26-22(29)18(21(25)28(23)24)13-16-7-10-19(20(14-16)32-3)33-11-12-34-17-8-5-15(2)6-9-17/h5-10,13-14,25H,4,11-12H2,1-3H3/b18-13-,25-21?. The number of hydrogen-bond donors (Lipinski definition) is 1. The minimum atomic E-state index is -3.71. The van der Waals surface area contributed by atoms with Gasteiger partial charge in [-0.1, -0.05) is 30.7 Å². The molecule has 0 radical (unpaired) electrons. The maximum atomic E-state index is 12.6. The van der Waals surface area contributed by atoms with Crippen LogP contribution in [0.2, 0.25) is 0 Å². The number of aliphatic imine (C=N–C) groups is 1. The van der Waals surface area contributed by atoms with Gasteiger partial charge in [-0.15, -0.1) is 11.8 Å². The number of nitrogens with one attached hydrogen (secondary N) is 1. The van der Waals surface area contributed by atoms with Crippen molar-refractivity contribution in [1.29, 1.82) is 5.41 Å². The Hall–Kier alpha value is -3.09. The normalized spacial score (nSPS) is 16.6. The summed E-state index contributed by atoms with van der Waals surface area (Å²) < 4.78 is 40.1. The van der Waals surface area contributed by atoms with Gasteiger partial charge in [0.1, 0.15) is 5.84 Å². The summed E-state index contributed by atoms with van der Waals surface area (Å²) in [6.45, 7) is 4.01. The van der Waals surface area contributed by atoms with E-state index in [1.807, 2.05) is 0 Å². The van der Waals surface area contributed by atoms with Gasteiger partial charge < -0.3 is 9.47 Å². The van der Waals surface area contributed by atoms with E-state index in [0.29, 0.717) is 23.7 Å². The smallest absolute Gasteiger partial charge is 0.283 e. The molecule has 0 saturated heterocycles. The molecule has 2 aromatic carbocycles. The number of carbonyl (C=O) groups is 1. The van der Waals surface area contributed by atoms with E-state index in [9.17, 15) is 13.2 Å². The van der Waals surface area contributed by atoms with Crippen LogP contribution in [-0.4, -0.2) is 60.6 Å². The first-order valence-corrected chi connectivity index (χ1v) is 14.4. The molecule has 9 nitrogen and oxygen atoms in total. The second-order valence-electron chi connectivity index (χ2n) is 7.73. The molecule has 1 amide bonds. The number of sulfone groups is 1. The summed E-state index contributed by atoms with van der Waals surface area (Å²) >= 11 is 2.46. The van der Waals surface area contributed by atoms with Crippen LogP contribution in [0.25, 0.3) is 6.08 Å². The Morgan fingerprint density at radius 2 is 1.92 bits per heavy atom. The highest BCUT2D eigenvalue weighted by atomic mass is 32.2. The maximum Gasteiger partial charge on any atom is 0.283 e. The van der Waals surface area contributed by atoms with Crippen LogP contribution in [-0.2, 0) is 14.6 Å². The van der Waals surface area contributed by atoms with Gasteiger partial charge in [0, 0.05) is 10.6 Å². The van der Waals surface area contributed by atoms with Crippen LogP contribution >= 0.6 is 23.7 Å². The molecule has 0 saturated carbocycles. The largest absolute Gasteiger partial charge is 0.493 e. The van der Waals surface area contributed by atoms with Crippen LogP contribution in [0, 0.1) is 12.3 Å². The van der Waals surface area contributed by atoms with E-state index in [-0.39, 0.29) is 27.5 Å². The molecule has 0 aromatic heterocycles. The van der Waals surface area contributed by atoms with Gasteiger partial charge in [-0.2, -0.15) is 9.39 Å². The molecule has 0 unspecified atom stereocenters. The number of thioether (sulfide) groups is 1. The van der Waals surface area contributed by atoms with E-state index in [2.05, 4.69) is 40.6 Å². The van der Waals surface area contributed by atoms with E-state index in [1.165, 1.54) is 30.6 Å². The van der Waals surface area contributed by atoms with Crippen molar-refractivity contribution in [3.05, 3.63) is 59.2 Å². The third-order valence-electron chi connectivity index (χ3n) is 5.28. The van der Waals surface area contributed by atoms with Gasteiger partial charge in [-0.25, -0.2) is 13.3 Å². The van der Waals surface area contributed by atoms with Gasteiger partial charge in [-0.3, -0.25) is 10.2 Å². The summed E-state index contributed by atoms with van der Waals surface area (Å²) in [7, 11) is -2.19. The van der Waals surface area contributed by atoms with Crippen LogP contribution in [0.3, 0.4) is 0 Å². The molecule has 0 fully saturated rings. The zero-order valence-corrected chi connectivity index (χ0v) is 22.3. The second kappa shape index (κ2) is 10.9. The first-order valence-electron chi connectivity index (χ1n) is 11.0. The van der Waals surface area contributed by atoms with Crippen molar-refractivity contribution >= 4 is 61.7 Å². The lowest BCUT2D eigenvalue weighted by Gasteiger charge is -2.24. The molecule has 188 valence electrons. The second-order valence-corrected chi connectivity index (χ2v) is 11.8. The lowest BCUT2D eigenvalue weighted by atomic mass is 10.1. The van der Waals surface area contributed by atoms with Crippen molar-refractivity contribution in [2.45, 2.75) is 18.7 Å². The van der Waals surface area contributed by atoms with E-state index >= 15 is 0 Å². The number of fused-ring (bicyclic) bond motifs is 1. The monoisotopic (exact) mass is 544 g/mol. The maximum absolute atomic E-state index is 12.6. The van der Waals surface area contributed by atoms with Crippen LogP contribution < -0.4 is 9.47 Å². The Morgan fingerprint density at radius 1 is 1.17 bits per heavy atom. The van der Waals surface area contributed by atoms with Gasteiger partial charge in [-0.05, 0) is 42.8 Å². The SMILES string of the molecule is CCS(=O)(=O)C1=NSC2=NC(=O)/C(=C\c3ccc(OCCSc4ccc(C)cc4)c(OC)c3)C(=N)N21. The van der Waals surface area contributed by atoms with Crippen LogP contribution in [0.5, 0.6) is 11.5 Å². The highest BCUT2D eigenvalue weighted by molar-refractivity contribution is 8.16. The molecular weight excluding hydrogens is 520 g/mol. The van der Waals surface area contributed by atoms with Crippen LogP contribution in [0.4, 0.5) is 0 Å². The number of rotatable bonds is 8. The van der Waals surface area contributed by atoms with Gasteiger partial charge in [0.15, 0.2) is 11.5 Å². The van der Waals surface area contributed by atoms with Crippen molar-refractivity contribution in [2.24, 2.45) is 9.39 Å². The van der Waals surface area contributed by atoms with Crippen molar-refractivity contribution in [3.63, 3.8) is 0 Å². The van der Waals surface area contributed by atoms with Crippen LogP contribution in [0.1, 0.15) is 18.1 Å². The molecular formula is C24H24N4O5S3. The van der Waals surface area contributed by atoms with Crippen molar-refractivity contribution in [1.82, 2.24) is 4.90 Å². The average Bonchev–Trinajstić information content (AvgIpc) is 3.30. The fraction of sp³-hybridized carbons (Fsp3) is 0.250. The molecule has 1 N–H and O–H groups in total. The van der Waals surface area contributed by atoms with Gasteiger partial charge in [0.05, 0.1) is 37.0 Å².